The highest BCUT2D eigenvalue weighted by molar-refractivity contribution is 5.87. The van der Waals surface area contributed by atoms with E-state index in [1.807, 2.05) is 38.4 Å². The number of halogens is 1. The first-order valence-electron chi connectivity index (χ1n) is 11.9. The summed E-state index contributed by atoms with van der Waals surface area (Å²) in [6, 6.07) is 17.6. The molecule has 0 bridgehead atoms. The van der Waals surface area contributed by atoms with E-state index in [9.17, 15) is 4.39 Å². The van der Waals surface area contributed by atoms with E-state index in [-0.39, 0.29) is 5.82 Å². The highest BCUT2D eigenvalue weighted by Gasteiger charge is 2.16. The molecule has 0 amide bonds. The number of benzene rings is 3. The van der Waals surface area contributed by atoms with Crippen LogP contribution >= 0.6 is 0 Å². The molecular weight excluding hydrogens is 441 g/mol. The lowest BCUT2D eigenvalue weighted by Crippen LogP contribution is -2.44. The molecule has 2 N–H and O–H groups in total. The maximum Gasteiger partial charge on any atom is 0.147 e. The second kappa shape index (κ2) is 8.39. The summed E-state index contributed by atoms with van der Waals surface area (Å²) in [7, 11) is 5.82. The first kappa shape index (κ1) is 21.6. The summed E-state index contributed by atoms with van der Waals surface area (Å²) in [5, 5.41) is 0. The Bertz CT molecular complexity index is 1530. The summed E-state index contributed by atoms with van der Waals surface area (Å²) >= 11 is 0. The monoisotopic (exact) mass is 469 g/mol. The topological polar surface area (TPSA) is 67.1 Å². The quantitative estimate of drug-likeness (QED) is 0.398. The number of hydrogen-bond donors (Lipinski definition) is 2. The first-order valence-corrected chi connectivity index (χ1v) is 11.9. The standard InChI is InChI=1S/C27H28FN7/c1-33(2)25-9-5-17(14-20(25)28)26-29-21-7-4-18(15-23(21)31-26)27-30-22-8-6-19(16-24(22)32-27)35-12-10-34(3)11-13-35/h4-9,14-16H,10-13H2,1-3H3,(H,29,31)(H,30,32). The molecule has 7 nitrogen and oxygen atoms in total. The van der Waals surface area contributed by atoms with E-state index in [2.05, 4.69) is 50.0 Å². The number of piperazine rings is 1. The van der Waals surface area contributed by atoms with Crippen LogP contribution in [0, 0.1) is 5.82 Å². The lowest BCUT2D eigenvalue weighted by Gasteiger charge is -2.34. The van der Waals surface area contributed by atoms with E-state index in [0.717, 1.165) is 59.6 Å². The SMILES string of the molecule is CN1CCN(c2ccc3nc(-c4ccc5nc(-c6ccc(N(C)C)c(F)c6)[nH]c5c4)[nH]c3c2)CC1. The van der Waals surface area contributed by atoms with Crippen LogP contribution in [0.3, 0.4) is 0 Å². The van der Waals surface area contributed by atoms with Crippen LogP contribution in [0.25, 0.3) is 44.8 Å². The Morgan fingerprint density at radius 1 is 0.771 bits per heavy atom. The molecule has 1 fully saturated rings. The fourth-order valence-electron chi connectivity index (χ4n) is 4.71. The van der Waals surface area contributed by atoms with E-state index < -0.39 is 0 Å². The Kier molecular flexibility index (Phi) is 5.18. The maximum absolute atomic E-state index is 14.5. The number of fused-ring (bicyclic) bond motifs is 2. The fraction of sp³-hybridized carbons (Fsp3) is 0.259. The van der Waals surface area contributed by atoms with Crippen molar-refractivity contribution in [1.82, 2.24) is 24.8 Å². The van der Waals surface area contributed by atoms with Crippen molar-refractivity contribution >= 4 is 33.4 Å². The van der Waals surface area contributed by atoms with Crippen LogP contribution in [0.1, 0.15) is 0 Å². The second-order valence-electron chi connectivity index (χ2n) is 9.46. The number of imidazole rings is 2. The molecule has 8 heteroatoms. The molecule has 0 unspecified atom stereocenters. The zero-order chi connectivity index (χ0) is 24.1. The molecule has 6 rings (SSSR count). The molecule has 1 aliphatic rings. The van der Waals surface area contributed by atoms with Gasteiger partial charge in [-0.05, 0) is 61.6 Å². The van der Waals surface area contributed by atoms with E-state index in [1.165, 1.54) is 11.8 Å². The number of likely N-dealkylation sites (N-methyl/N-ethyl adjacent to an activating group) is 1. The summed E-state index contributed by atoms with van der Waals surface area (Å²) in [4.78, 5) is 22.9. The summed E-state index contributed by atoms with van der Waals surface area (Å²) in [6.45, 7) is 4.21. The minimum Gasteiger partial charge on any atom is -0.375 e. The molecule has 3 heterocycles. The van der Waals surface area contributed by atoms with Crippen molar-refractivity contribution in [3.63, 3.8) is 0 Å². The van der Waals surface area contributed by atoms with Gasteiger partial charge < -0.3 is 24.7 Å². The Morgan fingerprint density at radius 3 is 2.03 bits per heavy atom. The van der Waals surface area contributed by atoms with Crippen LogP contribution in [0.4, 0.5) is 15.8 Å². The van der Waals surface area contributed by atoms with Gasteiger partial charge in [0, 0.05) is 57.1 Å². The van der Waals surface area contributed by atoms with Gasteiger partial charge in [0.25, 0.3) is 0 Å². The molecule has 1 saturated heterocycles. The Labute approximate surface area is 203 Å². The van der Waals surface area contributed by atoms with Crippen molar-refractivity contribution < 1.29 is 4.39 Å². The fourth-order valence-corrected chi connectivity index (χ4v) is 4.71. The van der Waals surface area contributed by atoms with E-state index in [0.29, 0.717) is 17.1 Å². The molecule has 0 atom stereocenters. The van der Waals surface area contributed by atoms with E-state index >= 15 is 0 Å². The van der Waals surface area contributed by atoms with Crippen LogP contribution in [0.2, 0.25) is 0 Å². The summed E-state index contributed by atoms with van der Waals surface area (Å²) in [5.74, 6) is 1.18. The first-order chi connectivity index (χ1) is 16.9. The third-order valence-electron chi connectivity index (χ3n) is 6.79. The van der Waals surface area contributed by atoms with Gasteiger partial charge in [-0.1, -0.05) is 0 Å². The molecule has 0 saturated carbocycles. The third kappa shape index (κ3) is 4.00. The highest BCUT2D eigenvalue weighted by atomic mass is 19.1. The van der Waals surface area contributed by atoms with Crippen molar-refractivity contribution in [2.45, 2.75) is 0 Å². The molecule has 5 aromatic rings. The van der Waals surface area contributed by atoms with Crippen LogP contribution < -0.4 is 9.80 Å². The van der Waals surface area contributed by atoms with Crippen molar-refractivity contribution in [3.8, 4) is 22.8 Å². The Morgan fingerprint density at radius 2 is 1.37 bits per heavy atom. The summed E-state index contributed by atoms with van der Waals surface area (Å²) in [5.41, 5.74) is 7.14. The largest absolute Gasteiger partial charge is 0.375 e. The van der Waals surface area contributed by atoms with Crippen LogP contribution in [0.15, 0.2) is 54.6 Å². The molecule has 1 aliphatic heterocycles. The second-order valence-corrected chi connectivity index (χ2v) is 9.46. The number of aromatic nitrogens is 4. The molecule has 35 heavy (non-hydrogen) atoms. The Hall–Kier alpha value is -3.91. The number of rotatable bonds is 4. The van der Waals surface area contributed by atoms with Crippen molar-refractivity contribution in [2.75, 3.05) is 57.1 Å². The molecule has 0 aliphatic carbocycles. The molecule has 3 aromatic carbocycles. The van der Waals surface area contributed by atoms with Gasteiger partial charge in [-0.25, -0.2) is 14.4 Å². The summed E-state index contributed by atoms with van der Waals surface area (Å²) in [6.07, 6.45) is 0. The average molecular weight is 470 g/mol. The van der Waals surface area contributed by atoms with Gasteiger partial charge in [-0.3, -0.25) is 0 Å². The Balaban J connectivity index is 1.31. The van der Waals surface area contributed by atoms with Crippen LogP contribution in [0.5, 0.6) is 0 Å². The molecule has 2 aromatic heterocycles. The van der Waals surface area contributed by atoms with Crippen molar-refractivity contribution in [3.05, 3.63) is 60.4 Å². The lowest BCUT2D eigenvalue weighted by molar-refractivity contribution is 0.313. The van der Waals surface area contributed by atoms with E-state index in [1.54, 1.807) is 11.0 Å². The van der Waals surface area contributed by atoms with Gasteiger partial charge in [-0.15, -0.1) is 0 Å². The molecular formula is C27H28FN7. The number of nitrogens with zero attached hydrogens (tertiary/aromatic N) is 5. The highest BCUT2D eigenvalue weighted by Crippen LogP contribution is 2.29. The van der Waals surface area contributed by atoms with Gasteiger partial charge >= 0.3 is 0 Å². The number of hydrogen-bond acceptors (Lipinski definition) is 5. The van der Waals surface area contributed by atoms with Gasteiger partial charge in [-0.2, -0.15) is 0 Å². The van der Waals surface area contributed by atoms with Gasteiger partial charge in [0.1, 0.15) is 17.5 Å². The van der Waals surface area contributed by atoms with E-state index in [4.69, 9.17) is 4.98 Å². The number of H-pyrrole nitrogens is 2. The molecule has 178 valence electrons. The van der Waals surface area contributed by atoms with Gasteiger partial charge in [0.15, 0.2) is 0 Å². The summed E-state index contributed by atoms with van der Waals surface area (Å²) < 4.78 is 14.5. The third-order valence-corrected chi connectivity index (χ3v) is 6.79. The smallest absolute Gasteiger partial charge is 0.147 e. The normalized spacial score (nSPS) is 14.8. The average Bonchev–Trinajstić information content (AvgIpc) is 3.47. The van der Waals surface area contributed by atoms with Gasteiger partial charge in [0.05, 0.1) is 27.8 Å². The minimum atomic E-state index is -0.271. The zero-order valence-electron chi connectivity index (χ0n) is 20.1. The lowest BCUT2D eigenvalue weighted by atomic mass is 10.2. The van der Waals surface area contributed by atoms with Crippen molar-refractivity contribution in [1.29, 1.82) is 0 Å². The molecule has 0 spiro atoms. The predicted octanol–water partition coefficient (Wildman–Crippen LogP) is 4.73. The van der Waals surface area contributed by atoms with Crippen LogP contribution in [-0.2, 0) is 0 Å². The zero-order valence-corrected chi connectivity index (χ0v) is 20.1. The number of nitrogens with one attached hydrogen (secondary N) is 2. The minimum absolute atomic E-state index is 0.271. The molecule has 0 radical (unpaired) electrons. The maximum atomic E-state index is 14.5. The number of aromatic amines is 2. The van der Waals surface area contributed by atoms with Crippen LogP contribution in [-0.4, -0.2) is 72.2 Å². The van der Waals surface area contributed by atoms with Gasteiger partial charge in [0.2, 0.25) is 0 Å². The number of anilines is 2. The van der Waals surface area contributed by atoms with Crippen molar-refractivity contribution in [2.24, 2.45) is 0 Å². The predicted molar refractivity (Wildman–Crippen MR) is 141 cm³/mol.